The van der Waals surface area contributed by atoms with Crippen LogP contribution in [-0.2, 0) is 13.5 Å². The van der Waals surface area contributed by atoms with Gasteiger partial charge in [0.15, 0.2) is 5.69 Å². The van der Waals surface area contributed by atoms with Crippen molar-refractivity contribution in [1.82, 2.24) is 25.3 Å². The molecule has 0 fully saturated rings. The lowest BCUT2D eigenvalue weighted by molar-refractivity contribution is 0.0957. The molecule has 2 aromatic heterocycles. The number of carbonyl (C=O) groups is 1. The van der Waals surface area contributed by atoms with Gasteiger partial charge in [0.1, 0.15) is 5.82 Å². The van der Waals surface area contributed by atoms with Gasteiger partial charge in [0.25, 0.3) is 5.91 Å². The Kier molecular flexibility index (Phi) is 4.07. The van der Waals surface area contributed by atoms with E-state index >= 15 is 0 Å². The first kappa shape index (κ1) is 13.0. The van der Waals surface area contributed by atoms with Crippen LogP contribution < -0.4 is 10.6 Å². The number of rotatable bonds is 5. The number of carbonyl (C=O) groups excluding carboxylic acids is 1. The third kappa shape index (κ3) is 3.51. The second kappa shape index (κ2) is 5.94. The summed E-state index contributed by atoms with van der Waals surface area (Å²) in [5.41, 5.74) is 1.32. The van der Waals surface area contributed by atoms with Gasteiger partial charge >= 0.3 is 0 Å². The van der Waals surface area contributed by atoms with Gasteiger partial charge in [-0.1, -0.05) is 0 Å². The van der Waals surface area contributed by atoms with E-state index in [1.165, 1.54) is 0 Å². The van der Waals surface area contributed by atoms with E-state index < -0.39 is 0 Å². The highest BCUT2D eigenvalue weighted by atomic mass is 16.1. The SMILES string of the molecule is CNC(=O)c1ccc(NCCc2ccn(C)n2)nn1. The van der Waals surface area contributed by atoms with Gasteiger partial charge in [-0.15, -0.1) is 10.2 Å². The number of aryl methyl sites for hydroxylation is 1. The minimum atomic E-state index is -0.243. The van der Waals surface area contributed by atoms with Gasteiger partial charge in [-0.3, -0.25) is 9.48 Å². The van der Waals surface area contributed by atoms with E-state index in [1.807, 2.05) is 19.3 Å². The second-order valence-electron chi connectivity index (χ2n) is 4.04. The lowest BCUT2D eigenvalue weighted by Gasteiger charge is -2.04. The fraction of sp³-hybridized carbons (Fsp3) is 0.333. The quantitative estimate of drug-likeness (QED) is 0.803. The Hall–Kier alpha value is -2.44. The summed E-state index contributed by atoms with van der Waals surface area (Å²) in [5.74, 6) is 0.399. The van der Waals surface area contributed by atoms with E-state index in [2.05, 4.69) is 25.9 Å². The largest absolute Gasteiger partial charge is 0.368 e. The van der Waals surface area contributed by atoms with Crippen LogP contribution in [0, 0.1) is 0 Å². The molecule has 2 aromatic rings. The summed E-state index contributed by atoms with van der Waals surface area (Å²) in [5, 5.41) is 17.7. The van der Waals surface area contributed by atoms with Crippen molar-refractivity contribution in [1.29, 1.82) is 0 Å². The van der Waals surface area contributed by atoms with Crippen molar-refractivity contribution in [3.63, 3.8) is 0 Å². The highest BCUT2D eigenvalue weighted by molar-refractivity contribution is 5.91. The van der Waals surface area contributed by atoms with E-state index in [9.17, 15) is 4.79 Å². The maximum absolute atomic E-state index is 11.3. The Morgan fingerprint density at radius 3 is 2.74 bits per heavy atom. The number of aromatic nitrogens is 4. The molecule has 0 radical (unpaired) electrons. The summed E-state index contributed by atoms with van der Waals surface area (Å²) in [6.45, 7) is 0.713. The van der Waals surface area contributed by atoms with Gasteiger partial charge in [-0.05, 0) is 18.2 Å². The van der Waals surface area contributed by atoms with Gasteiger partial charge in [0.05, 0.1) is 5.69 Å². The monoisotopic (exact) mass is 260 g/mol. The van der Waals surface area contributed by atoms with Crippen molar-refractivity contribution in [3.8, 4) is 0 Å². The molecule has 2 N–H and O–H groups in total. The summed E-state index contributed by atoms with van der Waals surface area (Å²) in [7, 11) is 3.45. The third-order valence-corrected chi connectivity index (χ3v) is 2.58. The average molecular weight is 260 g/mol. The van der Waals surface area contributed by atoms with Crippen molar-refractivity contribution in [3.05, 3.63) is 35.8 Å². The molecule has 0 atom stereocenters. The summed E-state index contributed by atoms with van der Waals surface area (Å²) >= 11 is 0. The van der Waals surface area contributed by atoms with Gasteiger partial charge in [-0.25, -0.2) is 0 Å². The number of hydrogen-bond donors (Lipinski definition) is 2. The van der Waals surface area contributed by atoms with Crippen molar-refractivity contribution in [2.45, 2.75) is 6.42 Å². The van der Waals surface area contributed by atoms with E-state index in [4.69, 9.17) is 0 Å². The first-order chi connectivity index (χ1) is 9.19. The Labute approximate surface area is 111 Å². The molecule has 2 heterocycles. The molecule has 0 saturated carbocycles. The van der Waals surface area contributed by atoms with Crippen molar-refractivity contribution in [2.24, 2.45) is 7.05 Å². The van der Waals surface area contributed by atoms with Crippen LogP contribution in [0.5, 0.6) is 0 Å². The highest BCUT2D eigenvalue weighted by Crippen LogP contribution is 2.03. The van der Waals surface area contributed by atoms with Crippen LogP contribution in [0.3, 0.4) is 0 Å². The van der Waals surface area contributed by atoms with Gasteiger partial charge in [-0.2, -0.15) is 5.10 Å². The number of nitrogens with one attached hydrogen (secondary N) is 2. The zero-order chi connectivity index (χ0) is 13.7. The molecular weight excluding hydrogens is 244 g/mol. The van der Waals surface area contributed by atoms with Crippen molar-refractivity contribution in [2.75, 3.05) is 18.9 Å². The molecule has 0 spiro atoms. The molecule has 0 aliphatic carbocycles. The average Bonchev–Trinajstić information content (AvgIpc) is 2.84. The van der Waals surface area contributed by atoms with E-state index in [0.29, 0.717) is 18.1 Å². The molecule has 7 heteroatoms. The zero-order valence-electron chi connectivity index (χ0n) is 10.9. The van der Waals surface area contributed by atoms with Crippen LogP contribution in [0.1, 0.15) is 16.2 Å². The minimum Gasteiger partial charge on any atom is -0.368 e. The Balaban J connectivity index is 1.84. The second-order valence-corrected chi connectivity index (χ2v) is 4.04. The Morgan fingerprint density at radius 1 is 1.32 bits per heavy atom. The summed E-state index contributed by atoms with van der Waals surface area (Å²) in [6, 6.07) is 5.34. The molecule has 100 valence electrons. The number of nitrogens with zero attached hydrogens (tertiary/aromatic N) is 4. The van der Waals surface area contributed by atoms with Crippen molar-refractivity contribution < 1.29 is 4.79 Å². The predicted octanol–water partition coefficient (Wildman–Crippen LogP) is 0.224. The summed E-state index contributed by atoms with van der Waals surface area (Å²) in [6.07, 6.45) is 2.72. The Bertz CT molecular complexity index is 548. The van der Waals surface area contributed by atoms with Crippen LogP contribution in [0.25, 0.3) is 0 Å². The zero-order valence-corrected chi connectivity index (χ0v) is 10.9. The topological polar surface area (TPSA) is 84.7 Å². The summed E-state index contributed by atoms with van der Waals surface area (Å²) in [4.78, 5) is 11.3. The molecule has 1 amide bonds. The van der Waals surface area contributed by atoms with Crippen LogP contribution in [0.15, 0.2) is 24.4 Å². The fourth-order valence-electron chi connectivity index (χ4n) is 1.59. The van der Waals surface area contributed by atoms with Crippen LogP contribution in [-0.4, -0.2) is 39.5 Å². The molecule has 0 bridgehead atoms. The molecule has 19 heavy (non-hydrogen) atoms. The van der Waals surface area contributed by atoms with Crippen LogP contribution in [0.4, 0.5) is 5.82 Å². The molecule has 0 aliphatic heterocycles. The Morgan fingerprint density at radius 2 is 2.16 bits per heavy atom. The number of anilines is 1. The van der Waals surface area contributed by atoms with Crippen molar-refractivity contribution >= 4 is 11.7 Å². The van der Waals surface area contributed by atoms with E-state index in [1.54, 1.807) is 23.9 Å². The number of amides is 1. The molecular formula is C12H16N6O. The normalized spacial score (nSPS) is 10.2. The number of hydrogen-bond acceptors (Lipinski definition) is 5. The first-order valence-electron chi connectivity index (χ1n) is 5.97. The molecule has 0 aromatic carbocycles. The van der Waals surface area contributed by atoms with Crippen LogP contribution >= 0.6 is 0 Å². The smallest absolute Gasteiger partial charge is 0.271 e. The third-order valence-electron chi connectivity index (χ3n) is 2.58. The van der Waals surface area contributed by atoms with Gasteiger partial charge in [0, 0.05) is 33.3 Å². The van der Waals surface area contributed by atoms with Crippen LogP contribution in [0.2, 0.25) is 0 Å². The molecule has 2 rings (SSSR count). The highest BCUT2D eigenvalue weighted by Gasteiger charge is 2.05. The lowest BCUT2D eigenvalue weighted by atomic mass is 10.3. The maximum Gasteiger partial charge on any atom is 0.271 e. The lowest BCUT2D eigenvalue weighted by Crippen LogP contribution is -2.20. The summed E-state index contributed by atoms with van der Waals surface area (Å²) < 4.78 is 1.77. The van der Waals surface area contributed by atoms with Gasteiger partial charge in [0.2, 0.25) is 0 Å². The van der Waals surface area contributed by atoms with Gasteiger partial charge < -0.3 is 10.6 Å². The minimum absolute atomic E-state index is 0.243. The fourth-order valence-corrected chi connectivity index (χ4v) is 1.59. The van der Waals surface area contributed by atoms with E-state index in [0.717, 1.165) is 12.1 Å². The standard InChI is InChI=1S/C12H16N6O/c1-13-12(19)10-3-4-11(16-15-10)14-7-5-9-6-8-18(2)17-9/h3-4,6,8H,5,7H2,1-2H3,(H,13,19)(H,14,16). The molecule has 0 aliphatic rings. The maximum atomic E-state index is 11.3. The molecule has 7 nitrogen and oxygen atoms in total. The van der Waals surface area contributed by atoms with E-state index in [-0.39, 0.29) is 5.91 Å². The molecule has 0 saturated heterocycles. The first-order valence-corrected chi connectivity index (χ1v) is 5.97. The molecule has 0 unspecified atom stereocenters. The predicted molar refractivity (Wildman–Crippen MR) is 70.8 cm³/mol.